The van der Waals surface area contributed by atoms with Crippen molar-refractivity contribution >= 4 is 11.7 Å². The zero-order valence-corrected chi connectivity index (χ0v) is 18.4. The molecule has 0 saturated carbocycles. The Morgan fingerprint density at radius 3 is 2.85 bits per heavy atom. The van der Waals surface area contributed by atoms with Crippen molar-refractivity contribution in [2.45, 2.75) is 31.1 Å². The molecule has 11 heteroatoms. The van der Waals surface area contributed by atoms with Crippen LogP contribution in [0.1, 0.15) is 40.8 Å². The average molecular weight is 467 g/mol. The summed E-state index contributed by atoms with van der Waals surface area (Å²) in [7, 11) is 1.50. The third kappa shape index (κ3) is 5.41. The largest absolute Gasteiger partial charge is 0.497 e. The second-order valence-corrected chi connectivity index (χ2v) is 8.18. The summed E-state index contributed by atoms with van der Waals surface area (Å²) in [5, 5.41) is 9.83. The molecule has 180 valence electrons. The van der Waals surface area contributed by atoms with E-state index in [2.05, 4.69) is 20.6 Å². The molecule has 8 nitrogen and oxygen atoms in total. The first-order valence-electron chi connectivity index (χ1n) is 11.0. The molecule has 0 radical (unpaired) electrons. The molecule has 2 N–H and O–H groups in total. The summed E-state index contributed by atoms with van der Waals surface area (Å²) in [5.41, 5.74) is 0.746. The zero-order chi connectivity index (χ0) is 23.4. The molecule has 0 bridgehead atoms. The molecule has 0 spiro atoms. The Kier molecular flexibility index (Phi) is 7.08. The molecule has 4 rings (SSSR count). The van der Waals surface area contributed by atoms with Crippen molar-refractivity contribution in [1.82, 2.24) is 20.0 Å². The summed E-state index contributed by atoms with van der Waals surface area (Å²) in [6, 6.07) is 4.41. The van der Waals surface area contributed by atoms with Crippen LogP contribution in [-0.2, 0) is 4.74 Å². The van der Waals surface area contributed by atoms with Crippen LogP contribution >= 0.6 is 0 Å². The Labute approximate surface area is 190 Å². The average Bonchev–Trinajstić information content (AvgIpc) is 3.25. The van der Waals surface area contributed by atoms with Gasteiger partial charge in [0, 0.05) is 26.1 Å². The second kappa shape index (κ2) is 10.0. The van der Waals surface area contributed by atoms with Crippen LogP contribution in [0.15, 0.2) is 30.5 Å². The molecule has 2 aliphatic rings. The van der Waals surface area contributed by atoms with Gasteiger partial charge in [0.1, 0.15) is 17.1 Å². The van der Waals surface area contributed by atoms with Crippen LogP contribution in [0.2, 0.25) is 0 Å². The van der Waals surface area contributed by atoms with Crippen LogP contribution in [0.5, 0.6) is 5.75 Å². The second-order valence-electron chi connectivity index (χ2n) is 8.18. The van der Waals surface area contributed by atoms with E-state index < -0.39 is 24.2 Å². The SMILES string of the molecule is COc1cccc([C@H]2C[C@@H](C(F)(F)F)n3ncc(C(=O)NCCCN4CCOCC4)c3N2)c1. The third-order valence-electron chi connectivity index (χ3n) is 6.02. The number of hydrogen-bond donors (Lipinski definition) is 2. The van der Waals surface area contributed by atoms with E-state index in [1.807, 2.05) is 0 Å². The Bertz CT molecular complexity index is 959. The summed E-state index contributed by atoms with van der Waals surface area (Å²) >= 11 is 0. The summed E-state index contributed by atoms with van der Waals surface area (Å²) < 4.78 is 53.0. The molecule has 0 aliphatic carbocycles. The lowest BCUT2D eigenvalue weighted by Crippen LogP contribution is -2.38. The number of anilines is 1. The van der Waals surface area contributed by atoms with Gasteiger partial charge in [0.2, 0.25) is 0 Å². The molecule has 1 saturated heterocycles. The van der Waals surface area contributed by atoms with Crippen LogP contribution in [0.4, 0.5) is 19.0 Å². The number of morpholine rings is 1. The third-order valence-corrected chi connectivity index (χ3v) is 6.02. The van der Waals surface area contributed by atoms with E-state index in [4.69, 9.17) is 9.47 Å². The van der Waals surface area contributed by atoms with Gasteiger partial charge in [-0.15, -0.1) is 0 Å². The Morgan fingerprint density at radius 1 is 1.33 bits per heavy atom. The minimum Gasteiger partial charge on any atom is -0.497 e. The number of rotatable bonds is 7. The van der Waals surface area contributed by atoms with Gasteiger partial charge in [0.05, 0.1) is 32.6 Å². The highest BCUT2D eigenvalue weighted by Gasteiger charge is 2.47. The number of carbonyl (C=O) groups excluding carboxylic acids is 1. The van der Waals surface area contributed by atoms with Gasteiger partial charge in [-0.2, -0.15) is 18.3 Å². The number of fused-ring (bicyclic) bond motifs is 1. The molecular formula is C22H28F3N5O3. The lowest BCUT2D eigenvalue weighted by atomic mass is 9.96. The van der Waals surface area contributed by atoms with Crippen molar-refractivity contribution in [1.29, 1.82) is 0 Å². The summed E-state index contributed by atoms with van der Waals surface area (Å²) in [4.78, 5) is 15.0. The monoisotopic (exact) mass is 467 g/mol. The molecule has 1 amide bonds. The Morgan fingerprint density at radius 2 is 2.12 bits per heavy atom. The molecule has 0 unspecified atom stereocenters. The van der Waals surface area contributed by atoms with E-state index >= 15 is 0 Å². The van der Waals surface area contributed by atoms with Crippen LogP contribution in [-0.4, -0.2) is 73.3 Å². The number of methoxy groups -OCH3 is 1. The quantitative estimate of drug-likeness (QED) is 0.610. The highest BCUT2D eigenvalue weighted by Crippen LogP contribution is 2.44. The van der Waals surface area contributed by atoms with Crippen molar-refractivity contribution in [3.63, 3.8) is 0 Å². The van der Waals surface area contributed by atoms with Gasteiger partial charge in [0.25, 0.3) is 5.91 Å². The lowest BCUT2D eigenvalue weighted by molar-refractivity contribution is -0.173. The molecule has 33 heavy (non-hydrogen) atoms. The number of ether oxygens (including phenoxy) is 2. The fourth-order valence-corrected chi connectivity index (χ4v) is 4.23. The topological polar surface area (TPSA) is 80.7 Å². The number of alkyl halides is 3. The molecule has 2 aromatic rings. The van der Waals surface area contributed by atoms with Crippen LogP contribution in [0, 0.1) is 0 Å². The number of benzene rings is 1. The maximum absolute atomic E-state index is 13.9. The fraction of sp³-hybridized carbons (Fsp3) is 0.545. The summed E-state index contributed by atoms with van der Waals surface area (Å²) in [6.45, 7) is 4.37. The number of nitrogens with one attached hydrogen (secondary N) is 2. The first kappa shape index (κ1) is 23.4. The number of nitrogens with zero attached hydrogens (tertiary/aromatic N) is 3. The van der Waals surface area contributed by atoms with E-state index in [0.717, 1.165) is 30.7 Å². The van der Waals surface area contributed by atoms with Gasteiger partial charge in [-0.1, -0.05) is 12.1 Å². The van der Waals surface area contributed by atoms with E-state index in [1.165, 1.54) is 13.3 Å². The molecule has 2 aliphatic heterocycles. The standard InChI is InChI=1S/C22H28F3N5O3/c1-32-16-5-2-4-15(12-16)18-13-19(22(23,24)25)30-20(28-18)17(14-27-30)21(31)26-6-3-7-29-8-10-33-11-9-29/h2,4-5,12,14,18-19,28H,3,6-11,13H2,1H3,(H,26,31)/t18-,19+/m1/s1. The van der Waals surface area contributed by atoms with Crippen molar-refractivity contribution in [2.24, 2.45) is 0 Å². The molecule has 1 aromatic carbocycles. The Balaban J connectivity index is 1.48. The van der Waals surface area contributed by atoms with Crippen molar-refractivity contribution < 1.29 is 27.4 Å². The van der Waals surface area contributed by atoms with Gasteiger partial charge in [-0.05, 0) is 30.7 Å². The number of carbonyl (C=O) groups is 1. The van der Waals surface area contributed by atoms with Crippen molar-refractivity contribution in [2.75, 3.05) is 51.8 Å². The predicted molar refractivity (Wildman–Crippen MR) is 116 cm³/mol. The van der Waals surface area contributed by atoms with Crippen LogP contribution < -0.4 is 15.4 Å². The van der Waals surface area contributed by atoms with Crippen LogP contribution in [0.25, 0.3) is 0 Å². The van der Waals surface area contributed by atoms with Gasteiger partial charge < -0.3 is 20.1 Å². The van der Waals surface area contributed by atoms with E-state index in [0.29, 0.717) is 31.1 Å². The number of halogens is 3. The minimum absolute atomic E-state index is 0.0714. The van der Waals surface area contributed by atoms with Gasteiger partial charge in [-0.25, -0.2) is 4.68 Å². The molecule has 3 heterocycles. The maximum Gasteiger partial charge on any atom is 0.410 e. The van der Waals surface area contributed by atoms with E-state index in [-0.39, 0.29) is 17.8 Å². The number of hydrogen-bond acceptors (Lipinski definition) is 6. The van der Waals surface area contributed by atoms with Crippen LogP contribution in [0.3, 0.4) is 0 Å². The molecule has 1 fully saturated rings. The summed E-state index contributed by atoms with van der Waals surface area (Å²) in [5.74, 6) is 0.176. The first-order chi connectivity index (χ1) is 15.9. The normalized spacial score (nSPS) is 21.2. The number of amides is 1. The Hall–Kier alpha value is -2.79. The maximum atomic E-state index is 13.9. The van der Waals surface area contributed by atoms with Gasteiger partial charge >= 0.3 is 6.18 Å². The zero-order valence-electron chi connectivity index (χ0n) is 18.4. The van der Waals surface area contributed by atoms with E-state index in [9.17, 15) is 18.0 Å². The summed E-state index contributed by atoms with van der Waals surface area (Å²) in [6.07, 6.45) is -2.82. The predicted octanol–water partition coefficient (Wildman–Crippen LogP) is 3.00. The minimum atomic E-state index is -4.51. The van der Waals surface area contributed by atoms with Gasteiger partial charge in [0.15, 0.2) is 6.04 Å². The first-order valence-corrected chi connectivity index (χ1v) is 11.0. The highest BCUT2D eigenvalue weighted by atomic mass is 19.4. The fourth-order valence-electron chi connectivity index (χ4n) is 4.23. The van der Waals surface area contributed by atoms with Gasteiger partial charge in [-0.3, -0.25) is 9.69 Å². The lowest BCUT2D eigenvalue weighted by Gasteiger charge is -2.34. The molecule has 2 atom stereocenters. The molecular weight excluding hydrogens is 439 g/mol. The van der Waals surface area contributed by atoms with E-state index in [1.54, 1.807) is 24.3 Å². The smallest absolute Gasteiger partial charge is 0.410 e. The molecule has 1 aromatic heterocycles. The highest BCUT2D eigenvalue weighted by molar-refractivity contribution is 5.98. The van der Waals surface area contributed by atoms with Crippen molar-refractivity contribution in [3.05, 3.63) is 41.6 Å². The van der Waals surface area contributed by atoms with Crippen molar-refractivity contribution in [3.8, 4) is 5.75 Å². The number of aromatic nitrogens is 2.